The molecule has 2 aromatic rings. The number of fused-ring (bicyclic) bond motifs is 1. The fraction of sp³-hybridized carbons (Fsp3) is 0.469. The third-order valence-electron chi connectivity index (χ3n) is 9.60. The first-order chi connectivity index (χ1) is 18.9. The van der Waals surface area contributed by atoms with Crippen LogP contribution in [0, 0.1) is 29.1 Å². The van der Waals surface area contributed by atoms with Crippen LogP contribution < -0.4 is 5.32 Å². The highest BCUT2D eigenvalue weighted by atomic mass is 16.3. The number of aliphatic hydroxyl groups is 3. The first-order valence-electron chi connectivity index (χ1n) is 14.0. The maximum atomic E-state index is 14.2. The van der Waals surface area contributed by atoms with Crippen LogP contribution >= 0.6 is 0 Å². The molecule has 1 aromatic heterocycles. The summed E-state index contributed by atoms with van der Waals surface area (Å²) in [6, 6.07) is 7.30. The molecule has 1 amide bonds. The van der Waals surface area contributed by atoms with Gasteiger partial charge < -0.3 is 25.6 Å². The molecule has 5 N–H and O–H groups in total. The van der Waals surface area contributed by atoms with Crippen LogP contribution in [-0.2, 0) is 20.8 Å². The molecule has 1 saturated heterocycles. The summed E-state index contributed by atoms with van der Waals surface area (Å²) in [6.45, 7) is 6.91. The molecule has 3 aliphatic rings. The number of aromatic amines is 1. The Morgan fingerprint density at radius 1 is 1.07 bits per heavy atom. The molecule has 8 nitrogen and oxygen atoms in total. The lowest BCUT2D eigenvalue weighted by atomic mass is 9.49. The van der Waals surface area contributed by atoms with E-state index >= 15 is 0 Å². The van der Waals surface area contributed by atoms with Gasteiger partial charge in [-0.2, -0.15) is 0 Å². The third kappa shape index (κ3) is 4.29. The molecule has 2 aliphatic carbocycles. The Bertz CT molecular complexity index is 1430. The Labute approximate surface area is 233 Å². The summed E-state index contributed by atoms with van der Waals surface area (Å²) in [7, 11) is 0. The van der Waals surface area contributed by atoms with Crippen molar-refractivity contribution in [2.45, 2.75) is 64.4 Å². The van der Waals surface area contributed by atoms with Gasteiger partial charge in [0.1, 0.15) is 11.5 Å². The minimum atomic E-state index is -1.75. The molecule has 1 spiro atoms. The van der Waals surface area contributed by atoms with Crippen LogP contribution in [0.5, 0.6) is 0 Å². The molecule has 9 atom stereocenters. The van der Waals surface area contributed by atoms with E-state index < -0.39 is 64.5 Å². The van der Waals surface area contributed by atoms with Crippen molar-refractivity contribution in [3.05, 3.63) is 72.0 Å². The van der Waals surface area contributed by atoms with Gasteiger partial charge in [-0.15, -0.1) is 0 Å². The number of aliphatic hydroxyl groups excluding tert-OH is 2. The highest BCUT2D eigenvalue weighted by Crippen LogP contribution is 2.58. The molecule has 0 radical (unpaired) electrons. The summed E-state index contributed by atoms with van der Waals surface area (Å²) in [5.41, 5.74) is -0.961. The molecule has 5 rings (SSSR count). The number of benzene rings is 1. The normalized spacial score (nSPS) is 41.5. The van der Waals surface area contributed by atoms with Gasteiger partial charge >= 0.3 is 0 Å². The molecule has 1 aromatic carbocycles. The maximum absolute atomic E-state index is 14.2. The van der Waals surface area contributed by atoms with Crippen molar-refractivity contribution in [2.75, 3.05) is 0 Å². The van der Waals surface area contributed by atoms with Gasteiger partial charge in [0.25, 0.3) is 0 Å². The lowest BCUT2D eigenvalue weighted by Gasteiger charge is -2.54. The third-order valence-corrected chi connectivity index (χ3v) is 9.60. The average molecular weight is 547 g/mol. The molecule has 8 heteroatoms. The van der Waals surface area contributed by atoms with Gasteiger partial charge in [-0.3, -0.25) is 14.4 Å². The van der Waals surface area contributed by atoms with Crippen molar-refractivity contribution in [3.63, 3.8) is 0 Å². The smallest absolute Gasteiger partial charge is 0.235 e. The fourth-order valence-corrected chi connectivity index (χ4v) is 7.28. The van der Waals surface area contributed by atoms with Crippen molar-refractivity contribution in [2.24, 2.45) is 29.1 Å². The van der Waals surface area contributed by atoms with Crippen LogP contribution in [0.25, 0.3) is 10.9 Å². The number of aromatic nitrogens is 1. The van der Waals surface area contributed by atoms with E-state index in [9.17, 15) is 29.7 Å². The van der Waals surface area contributed by atoms with Crippen molar-refractivity contribution in [1.29, 1.82) is 0 Å². The monoisotopic (exact) mass is 546 g/mol. The molecule has 2 heterocycles. The Morgan fingerprint density at radius 3 is 2.55 bits per heavy atom. The van der Waals surface area contributed by atoms with Crippen molar-refractivity contribution in [1.82, 2.24) is 10.3 Å². The first kappa shape index (κ1) is 28.2. The summed E-state index contributed by atoms with van der Waals surface area (Å²) in [5.74, 6) is -4.25. The van der Waals surface area contributed by atoms with Crippen molar-refractivity contribution < 1.29 is 29.7 Å². The average Bonchev–Trinajstić information content (AvgIpc) is 3.45. The van der Waals surface area contributed by atoms with Gasteiger partial charge in [0.05, 0.1) is 11.7 Å². The fourth-order valence-electron chi connectivity index (χ4n) is 7.28. The topological polar surface area (TPSA) is 140 Å². The molecule has 1 aliphatic heterocycles. The second kappa shape index (κ2) is 10.3. The minimum Gasteiger partial charge on any atom is -0.389 e. The zero-order valence-electron chi connectivity index (χ0n) is 23.3. The number of carbonyl (C=O) groups excluding carboxylic acids is 3. The van der Waals surface area contributed by atoms with Gasteiger partial charge in [0.15, 0.2) is 11.6 Å². The predicted octanol–water partition coefficient (Wildman–Crippen LogP) is 2.79. The number of H-pyrrole nitrogens is 1. The minimum absolute atomic E-state index is 0.0573. The number of hydrogen-bond acceptors (Lipinski definition) is 6. The van der Waals surface area contributed by atoms with E-state index in [0.717, 1.165) is 28.6 Å². The summed E-state index contributed by atoms with van der Waals surface area (Å²) in [4.78, 5) is 44.3. The lowest BCUT2D eigenvalue weighted by molar-refractivity contribution is -0.197. The quantitative estimate of drug-likeness (QED) is 0.290. The second-order valence-corrected chi connectivity index (χ2v) is 12.1. The molecule has 0 unspecified atom stereocenters. The first-order valence-corrected chi connectivity index (χ1v) is 14.0. The summed E-state index contributed by atoms with van der Waals surface area (Å²) >= 11 is 0. The largest absolute Gasteiger partial charge is 0.389 e. The number of amides is 1. The van der Waals surface area contributed by atoms with Crippen molar-refractivity contribution in [3.8, 4) is 0 Å². The Kier molecular flexibility index (Phi) is 7.23. The van der Waals surface area contributed by atoms with E-state index in [2.05, 4.69) is 10.3 Å². The summed E-state index contributed by atoms with van der Waals surface area (Å²) < 4.78 is 0. The summed E-state index contributed by atoms with van der Waals surface area (Å²) in [6.07, 6.45) is 7.38. The molecule has 40 heavy (non-hydrogen) atoms. The second-order valence-electron chi connectivity index (χ2n) is 12.1. The molecule has 212 valence electrons. The number of nitrogens with one attached hydrogen (secondary N) is 2. The number of hydrogen-bond donors (Lipinski definition) is 5. The number of para-hydroxylation sites is 1. The van der Waals surface area contributed by atoms with Crippen LogP contribution in [0.3, 0.4) is 0 Å². The van der Waals surface area contributed by atoms with E-state index in [0.29, 0.717) is 18.4 Å². The molecular weight excluding hydrogens is 508 g/mol. The Balaban J connectivity index is 1.66. The number of ketones is 2. The van der Waals surface area contributed by atoms with E-state index in [1.54, 1.807) is 32.9 Å². The lowest BCUT2D eigenvalue weighted by Crippen LogP contribution is -2.67. The number of carbonyl (C=O) groups is 3. The molecular formula is C32H38N2O6. The van der Waals surface area contributed by atoms with Gasteiger partial charge in [-0.1, -0.05) is 50.3 Å². The highest BCUT2D eigenvalue weighted by Gasteiger charge is 2.71. The van der Waals surface area contributed by atoms with Gasteiger partial charge in [0, 0.05) is 35.0 Å². The van der Waals surface area contributed by atoms with Crippen molar-refractivity contribution >= 4 is 28.4 Å². The van der Waals surface area contributed by atoms with Crippen LogP contribution in [0.2, 0.25) is 0 Å². The molecule has 0 bridgehead atoms. The Hall–Kier alpha value is -3.33. The van der Waals surface area contributed by atoms with E-state index in [-0.39, 0.29) is 5.92 Å². The van der Waals surface area contributed by atoms with Gasteiger partial charge in [-0.25, -0.2) is 0 Å². The highest BCUT2D eigenvalue weighted by molar-refractivity contribution is 6.15. The standard InChI is InChI=1S/C32H38N2O6/c1-17-8-7-10-22-29(38)31(4,40)19(3)27-24(15-20-16-33-23-11-6-5-9-21(20)23)34-30(39)32(22,27)26(36)13-12-25(35)28(37)18(2)14-17/h5-7,9-14,16-17,19,22,24,27-29,33,37-38,40H,8,15H2,1-4H3,(H,34,39)/b10-7-,13-12-,18-14+/t17-,19-,22-,24-,27-,28+,29-,31+,32+/m0/s1. The van der Waals surface area contributed by atoms with Crippen LogP contribution in [0.4, 0.5) is 0 Å². The number of allylic oxidation sites excluding steroid dienone is 3. The van der Waals surface area contributed by atoms with Gasteiger partial charge in [-0.05, 0) is 67.9 Å². The molecule has 2 fully saturated rings. The zero-order chi connectivity index (χ0) is 29.0. The predicted molar refractivity (Wildman–Crippen MR) is 151 cm³/mol. The van der Waals surface area contributed by atoms with E-state index in [1.807, 2.05) is 43.5 Å². The SMILES string of the molecule is C/C1=C\[C@@H](C)C/C=C\[C@H]2[C@H](O)[C@](C)(O)[C@@H](C)[C@H]3[C@H](Cc4c[nH]c5ccccc45)NC(=O)[C@]32C(=O)/C=C\C(=O)[C@@H]1O. The summed E-state index contributed by atoms with van der Waals surface area (Å²) in [5, 5.41) is 37.8. The van der Waals surface area contributed by atoms with E-state index in [4.69, 9.17) is 0 Å². The van der Waals surface area contributed by atoms with Crippen LogP contribution in [0.1, 0.15) is 39.7 Å². The van der Waals surface area contributed by atoms with Crippen LogP contribution in [-0.4, -0.2) is 61.6 Å². The molecule has 1 saturated carbocycles. The maximum Gasteiger partial charge on any atom is 0.235 e. The zero-order valence-corrected chi connectivity index (χ0v) is 23.3. The number of rotatable bonds is 2. The van der Waals surface area contributed by atoms with E-state index in [1.165, 1.54) is 0 Å². The van der Waals surface area contributed by atoms with Crippen LogP contribution in [0.15, 0.2) is 66.4 Å². The Morgan fingerprint density at radius 2 is 1.80 bits per heavy atom. The van der Waals surface area contributed by atoms with Gasteiger partial charge in [0.2, 0.25) is 5.91 Å².